The predicted octanol–water partition coefficient (Wildman–Crippen LogP) is 1.27. The van der Waals surface area contributed by atoms with Crippen molar-refractivity contribution in [3.8, 4) is 0 Å². The van der Waals surface area contributed by atoms with Gasteiger partial charge in [-0.15, -0.1) is 0 Å². The van der Waals surface area contributed by atoms with E-state index in [2.05, 4.69) is 10.2 Å². The number of amides is 2. The third kappa shape index (κ3) is 2.65. The summed E-state index contributed by atoms with van der Waals surface area (Å²) in [4.78, 5) is 27.6. The summed E-state index contributed by atoms with van der Waals surface area (Å²) in [7, 11) is 1.74. The van der Waals surface area contributed by atoms with Gasteiger partial charge in [-0.05, 0) is 31.2 Å². The van der Waals surface area contributed by atoms with Crippen LogP contribution in [0.4, 0.5) is 4.79 Å². The Hall–Kier alpha value is -2.05. The Balaban J connectivity index is 1.34. The first kappa shape index (κ1) is 15.5. The number of carbonyl (C=O) groups excluding carboxylic acids is 2. The molecule has 2 amide bonds. The fraction of sp³-hybridized carbons (Fsp3) is 0.706. The van der Waals surface area contributed by atoms with Crippen LogP contribution in [-0.2, 0) is 28.8 Å². The lowest BCUT2D eigenvalue weighted by Gasteiger charge is -2.21. The van der Waals surface area contributed by atoms with E-state index in [-0.39, 0.29) is 12.0 Å². The maximum atomic E-state index is 12.5. The third-order valence-corrected chi connectivity index (χ3v) is 5.53. The van der Waals surface area contributed by atoms with Gasteiger partial charge in [0.15, 0.2) is 5.60 Å². The predicted molar refractivity (Wildman–Crippen MR) is 86.6 cm³/mol. The van der Waals surface area contributed by atoms with Gasteiger partial charge >= 0.3 is 6.09 Å². The van der Waals surface area contributed by atoms with Gasteiger partial charge in [-0.2, -0.15) is 5.10 Å². The molecule has 2 fully saturated rings. The second-order valence-electron chi connectivity index (χ2n) is 7.31. The number of aromatic amines is 1. The summed E-state index contributed by atoms with van der Waals surface area (Å²) >= 11 is 0. The van der Waals surface area contributed by atoms with Gasteiger partial charge in [0.1, 0.15) is 0 Å². The number of hydrogen-bond acceptors (Lipinski definition) is 4. The highest BCUT2D eigenvalue weighted by atomic mass is 16.6. The Labute approximate surface area is 141 Å². The van der Waals surface area contributed by atoms with Crippen LogP contribution < -0.4 is 0 Å². The number of aromatic nitrogens is 2. The van der Waals surface area contributed by atoms with E-state index in [1.165, 1.54) is 24.1 Å². The highest BCUT2D eigenvalue weighted by molar-refractivity contribution is 5.77. The molecule has 0 saturated carbocycles. The maximum Gasteiger partial charge on any atom is 0.410 e. The van der Waals surface area contributed by atoms with Gasteiger partial charge in [0.25, 0.3) is 0 Å². The highest BCUT2D eigenvalue weighted by Gasteiger charge is 2.49. The molecule has 3 aliphatic rings. The summed E-state index contributed by atoms with van der Waals surface area (Å²) in [6.07, 6.45) is 6.18. The van der Waals surface area contributed by atoms with Crippen LogP contribution in [0.5, 0.6) is 0 Å². The maximum absolute atomic E-state index is 12.5. The first-order valence-electron chi connectivity index (χ1n) is 8.83. The molecular weight excluding hydrogens is 308 g/mol. The minimum Gasteiger partial charge on any atom is -0.439 e. The van der Waals surface area contributed by atoms with Crippen molar-refractivity contribution < 1.29 is 14.3 Å². The molecule has 1 N–H and O–H groups in total. The van der Waals surface area contributed by atoms with E-state index in [0.29, 0.717) is 32.5 Å². The van der Waals surface area contributed by atoms with Crippen LogP contribution in [0.15, 0.2) is 0 Å². The molecule has 2 saturated heterocycles. The van der Waals surface area contributed by atoms with Crippen LogP contribution in [0.2, 0.25) is 0 Å². The molecule has 3 heterocycles. The quantitative estimate of drug-likeness (QED) is 0.904. The number of hydrogen-bond donors (Lipinski definition) is 1. The molecular formula is C17H24N4O3. The summed E-state index contributed by atoms with van der Waals surface area (Å²) in [5.41, 5.74) is 3.15. The van der Waals surface area contributed by atoms with Crippen molar-refractivity contribution in [2.24, 2.45) is 0 Å². The Morgan fingerprint density at radius 3 is 2.96 bits per heavy atom. The van der Waals surface area contributed by atoms with E-state index in [9.17, 15) is 9.59 Å². The van der Waals surface area contributed by atoms with E-state index in [1.807, 2.05) is 4.90 Å². The molecule has 7 heteroatoms. The van der Waals surface area contributed by atoms with Crippen molar-refractivity contribution in [2.75, 3.05) is 26.7 Å². The molecule has 1 spiro atoms. The lowest BCUT2D eigenvalue weighted by Crippen LogP contribution is -2.39. The number of likely N-dealkylation sites (tertiary alicyclic amines) is 1. The van der Waals surface area contributed by atoms with E-state index in [4.69, 9.17) is 4.74 Å². The van der Waals surface area contributed by atoms with E-state index in [1.54, 1.807) is 11.9 Å². The lowest BCUT2D eigenvalue weighted by atomic mass is 9.94. The molecule has 4 rings (SSSR count). The summed E-state index contributed by atoms with van der Waals surface area (Å²) in [5.74, 6) is 0.130. The second-order valence-corrected chi connectivity index (χ2v) is 7.31. The fourth-order valence-electron chi connectivity index (χ4n) is 4.20. The van der Waals surface area contributed by atoms with Crippen LogP contribution in [0.25, 0.3) is 0 Å². The smallest absolute Gasteiger partial charge is 0.410 e. The topological polar surface area (TPSA) is 78.5 Å². The minimum absolute atomic E-state index is 0.130. The summed E-state index contributed by atoms with van der Waals surface area (Å²) in [5, 5.41) is 7.55. The van der Waals surface area contributed by atoms with Crippen molar-refractivity contribution in [1.82, 2.24) is 20.0 Å². The number of likely N-dealkylation sites (N-methyl/N-ethyl adjacent to an activating group) is 1. The first-order valence-corrected chi connectivity index (χ1v) is 8.83. The highest BCUT2D eigenvalue weighted by Crippen LogP contribution is 2.32. The van der Waals surface area contributed by atoms with Crippen LogP contribution in [0, 0.1) is 0 Å². The van der Waals surface area contributed by atoms with Gasteiger partial charge in [0, 0.05) is 38.5 Å². The van der Waals surface area contributed by atoms with Gasteiger partial charge in [-0.25, -0.2) is 4.79 Å². The van der Waals surface area contributed by atoms with Gasteiger partial charge in [0.2, 0.25) is 5.91 Å². The molecule has 1 atom stereocenters. The number of rotatable bonds is 3. The normalized spacial score (nSPS) is 26.1. The minimum atomic E-state index is -0.493. The average molecular weight is 332 g/mol. The van der Waals surface area contributed by atoms with E-state index in [0.717, 1.165) is 25.0 Å². The zero-order chi connectivity index (χ0) is 16.7. The molecule has 24 heavy (non-hydrogen) atoms. The molecule has 0 bridgehead atoms. The number of H-pyrrole nitrogens is 1. The van der Waals surface area contributed by atoms with Crippen molar-refractivity contribution >= 4 is 12.0 Å². The number of nitrogens with one attached hydrogen (secondary N) is 1. The van der Waals surface area contributed by atoms with Crippen molar-refractivity contribution in [3.05, 3.63) is 17.0 Å². The zero-order valence-electron chi connectivity index (χ0n) is 14.1. The van der Waals surface area contributed by atoms with Crippen LogP contribution in [-0.4, -0.2) is 64.3 Å². The van der Waals surface area contributed by atoms with Gasteiger partial charge in [-0.3, -0.25) is 9.89 Å². The number of fused-ring (bicyclic) bond motifs is 1. The summed E-state index contributed by atoms with van der Waals surface area (Å²) in [6.45, 7) is 1.75. The molecule has 1 aromatic heterocycles. The molecule has 130 valence electrons. The third-order valence-electron chi connectivity index (χ3n) is 5.53. The monoisotopic (exact) mass is 332 g/mol. The number of ether oxygens (including phenoxy) is 1. The Morgan fingerprint density at radius 1 is 1.33 bits per heavy atom. The number of carbonyl (C=O) groups is 2. The largest absolute Gasteiger partial charge is 0.439 e. The van der Waals surface area contributed by atoms with Crippen molar-refractivity contribution in [2.45, 2.75) is 50.5 Å². The Bertz CT molecular complexity index is 671. The van der Waals surface area contributed by atoms with E-state index < -0.39 is 5.60 Å². The average Bonchev–Trinajstić information content (AvgIpc) is 3.24. The molecule has 0 radical (unpaired) electrons. The summed E-state index contributed by atoms with van der Waals surface area (Å²) < 4.78 is 5.50. The fourth-order valence-corrected chi connectivity index (χ4v) is 4.20. The van der Waals surface area contributed by atoms with E-state index >= 15 is 0 Å². The molecule has 0 unspecified atom stereocenters. The van der Waals surface area contributed by atoms with Crippen molar-refractivity contribution in [3.63, 3.8) is 0 Å². The zero-order valence-corrected chi connectivity index (χ0v) is 14.1. The lowest BCUT2D eigenvalue weighted by molar-refractivity contribution is -0.130. The Morgan fingerprint density at radius 2 is 2.17 bits per heavy atom. The van der Waals surface area contributed by atoms with Crippen LogP contribution in [0.3, 0.4) is 0 Å². The molecule has 2 aliphatic heterocycles. The van der Waals surface area contributed by atoms with Crippen molar-refractivity contribution in [1.29, 1.82) is 0 Å². The first-order chi connectivity index (χ1) is 11.6. The number of nitrogens with zero attached hydrogens (tertiary/aromatic N) is 3. The van der Waals surface area contributed by atoms with Crippen LogP contribution in [0.1, 0.15) is 42.6 Å². The number of aryl methyl sites for hydroxylation is 2. The van der Waals surface area contributed by atoms with Gasteiger partial charge < -0.3 is 14.5 Å². The van der Waals surface area contributed by atoms with Crippen LogP contribution >= 0.6 is 0 Å². The summed E-state index contributed by atoms with van der Waals surface area (Å²) in [6, 6.07) is 0. The second kappa shape index (κ2) is 5.79. The Kier molecular flexibility index (Phi) is 3.73. The molecule has 1 aromatic rings. The molecule has 7 nitrogen and oxygen atoms in total. The standard InChI is InChI=1S/C17H24N4O3/c1-20-10-17(24-16(20)23)8-9-21(11-17)15(22)7-6-14-12-4-2-3-5-13(12)18-19-14/h2-11H2,1H3,(H,18,19)/t17-/m0/s1. The van der Waals surface area contributed by atoms with Gasteiger partial charge in [0.05, 0.1) is 18.8 Å². The molecule has 1 aliphatic carbocycles. The molecule has 0 aromatic carbocycles. The van der Waals surface area contributed by atoms with Gasteiger partial charge in [-0.1, -0.05) is 0 Å². The SMILES string of the molecule is CN1C[C@]2(CCN(C(=O)CCc3n[nH]c4c3CCCC4)C2)OC1=O.